The number of hydrogen-bond donors (Lipinski definition) is 1. The quantitative estimate of drug-likeness (QED) is 0.295. The summed E-state index contributed by atoms with van der Waals surface area (Å²) >= 11 is 3.32. The van der Waals surface area contributed by atoms with E-state index in [4.69, 9.17) is 4.42 Å². The Morgan fingerprint density at radius 3 is 2.43 bits per heavy atom. The predicted molar refractivity (Wildman–Crippen MR) is 119 cm³/mol. The first kappa shape index (κ1) is 21.4. The zero-order valence-corrected chi connectivity index (χ0v) is 18.3. The molecule has 7 nitrogen and oxygen atoms in total. The van der Waals surface area contributed by atoms with Gasteiger partial charge in [-0.3, -0.25) is 14.9 Å². The normalized spacial score (nSPS) is 11.6. The first-order valence-corrected chi connectivity index (χ1v) is 9.92. The van der Waals surface area contributed by atoms with Crippen LogP contribution in [0.15, 0.2) is 68.6 Å². The van der Waals surface area contributed by atoms with Crippen LogP contribution in [0, 0.1) is 10.1 Å². The molecule has 0 aliphatic rings. The molecule has 0 fully saturated rings. The van der Waals surface area contributed by atoms with Crippen molar-refractivity contribution in [3.63, 3.8) is 0 Å². The van der Waals surface area contributed by atoms with Crippen LogP contribution in [-0.2, 0) is 5.41 Å². The molecule has 154 valence electrons. The minimum atomic E-state index is -0.464. The van der Waals surface area contributed by atoms with Crippen LogP contribution in [-0.4, -0.2) is 17.0 Å². The molecule has 0 radical (unpaired) electrons. The van der Waals surface area contributed by atoms with Gasteiger partial charge in [0.05, 0.1) is 11.1 Å². The lowest BCUT2D eigenvalue weighted by atomic mass is 9.87. The Kier molecular flexibility index (Phi) is 6.17. The van der Waals surface area contributed by atoms with Gasteiger partial charge in [0, 0.05) is 27.7 Å². The Balaban J connectivity index is 1.66. The Labute approximate surface area is 182 Å². The average molecular weight is 470 g/mol. The highest BCUT2D eigenvalue weighted by molar-refractivity contribution is 9.10. The second kappa shape index (κ2) is 8.62. The minimum absolute atomic E-state index is 0.0165. The second-order valence-electron chi connectivity index (χ2n) is 7.65. The summed E-state index contributed by atoms with van der Waals surface area (Å²) in [5.74, 6) is 0.623. The van der Waals surface area contributed by atoms with E-state index in [2.05, 4.69) is 47.2 Å². The fraction of sp³-hybridized carbons (Fsp3) is 0.182. The van der Waals surface area contributed by atoms with E-state index in [-0.39, 0.29) is 17.0 Å². The van der Waals surface area contributed by atoms with Crippen molar-refractivity contribution in [2.75, 3.05) is 0 Å². The van der Waals surface area contributed by atoms with Gasteiger partial charge in [-0.1, -0.05) is 32.9 Å². The molecule has 1 N–H and O–H groups in total. The van der Waals surface area contributed by atoms with Gasteiger partial charge in [-0.05, 0) is 57.2 Å². The summed E-state index contributed by atoms with van der Waals surface area (Å²) in [7, 11) is 0. The van der Waals surface area contributed by atoms with Gasteiger partial charge in [0.1, 0.15) is 11.5 Å². The topological polar surface area (TPSA) is 97.7 Å². The monoisotopic (exact) mass is 469 g/mol. The number of furan rings is 1. The number of hydrazone groups is 1. The molecule has 3 rings (SSSR count). The molecule has 0 aliphatic carbocycles. The van der Waals surface area contributed by atoms with E-state index < -0.39 is 4.92 Å². The van der Waals surface area contributed by atoms with Crippen molar-refractivity contribution in [1.82, 2.24) is 5.43 Å². The van der Waals surface area contributed by atoms with Crippen LogP contribution >= 0.6 is 15.9 Å². The van der Waals surface area contributed by atoms with E-state index in [9.17, 15) is 14.9 Å². The number of nitrogens with one attached hydrogen (secondary N) is 1. The number of halogens is 1. The Morgan fingerprint density at radius 2 is 1.83 bits per heavy atom. The molecular formula is C22H20BrN3O4. The van der Waals surface area contributed by atoms with Crippen molar-refractivity contribution in [2.24, 2.45) is 5.10 Å². The van der Waals surface area contributed by atoms with E-state index in [1.54, 1.807) is 30.3 Å². The van der Waals surface area contributed by atoms with E-state index in [0.717, 1.165) is 5.56 Å². The van der Waals surface area contributed by atoms with Crippen molar-refractivity contribution in [1.29, 1.82) is 0 Å². The number of amides is 1. The van der Waals surface area contributed by atoms with Crippen LogP contribution in [0.4, 0.5) is 5.69 Å². The number of carbonyl (C=O) groups excluding carboxylic acids is 1. The van der Waals surface area contributed by atoms with Gasteiger partial charge in [0.25, 0.3) is 11.6 Å². The van der Waals surface area contributed by atoms with Gasteiger partial charge in [-0.15, -0.1) is 0 Å². The van der Waals surface area contributed by atoms with Crippen LogP contribution < -0.4 is 5.43 Å². The number of hydrogen-bond acceptors (Lipinski definition) is 5. The highest BCUT2D eigenvalue weighted by atomic mass is 79.9. The van der Waals surface area contributed by atoms with Crippen LogP contribution in [0.1, 0.15) is 42.5 Å². The lowest BCUT2D eigenvalue weighted by molar-refractivity contribution is -0.384. The maximum atomic E-state index is 12.2. The molecule has 0 saturated heterocycles. The Bertz CT molecular complexity index is 1110. The minimum Gasteiger partial charge on any atom is -0.455 e. The summed E-state index contributed by atoms with van der Waals surface area (Å²) in [5.41, 5.74) is 4.79. The third kappa shape index (κ3) is 5.01. The molecule has 0 saturated carbocycles. The standard InChI is InChI=1S/C22H20BrN3O4/c1-22(2,3)15-6-4-14(5-7-15)21(27)25-24-13-17-9-11-20(30-17)18-10-8-16(26(28)29)12-19(18)23/h4-13H,1-3H3,(H,25,27)/b24-13-. The van der Waals surface area contributed by atoms with Crippen molar-refractivity contribution < 1.29 is 14.1 Å². The Morgan fingerprint density at radius 1 is 1.13 bits per heavy atom. The Hall–Kier alpha value is -3.26. The van der Waals surface area contributed by atoms with E-state index in [0.29, 0.717) is 27.1 Å². The molecule has 1 heterocycles. The van der Waals surface area contributed by atoms with Gasteiger partial charge in [0.15, 0.2) is 0 Å². The highest BCUT2D eigenvalue weighted by Crippen LogP contribution is 2.32. The molecule has 0 bridgehead atoms. The van der Waals surface area contributed by atoms with Gasteiger partial charge < -0.3 is 4.42 Å². The number of rotatable bonds is 5. The summed E-state index contributed by atoms with van der Waals surface area (Å²) < 4.78 is 6.23. The van der Waals surface area contributed by atoms with E-state index >= 15 is 0 Å². The number of benzene rings is 2. The third-order valence-corrected chi connectivity index (χ3v) is 5.08. The zero-order chi connectivity index (χ0) is 21.9. The second-order valence-corrected chi connectivity index (χ2v) is 8.50. The molecule has 3 aromatic rings. The molecule has 0 unspecified atom stereocenters. The number of non-ortho nitro benzene ring substituents is 1. The van der Waals surface area contributed by atoms with E-state index in [1.165, 1.54) is 18.3 Å². The summed E-state index contributed by atoms with van der Waals surface area (Å²) in [5, 5.41) is 14.8. The number of carbonyl (C=O) groups is 1. The van der Waals surface area contributed by atoms with Crippen molar-refractivity contribution >= 4 is 33.7 Å². The number of nitrogens with zero attached hydrogens (tertiary/aromatic N) is 2. The number of nitro groups is 1. The van der Waals surface area contributed by atoms with Gasteiger partial charge in [-0.25, -0.2) is 5.43 Å². The summed E-state index contributed by atoms with van der Waals surface area (Å²) in [4.78, 5) is 22.6. The molecule has 0 spiro atoms. The molecular weight excluding hydrogens is 450 g/mol. The van der Waals surface area contributed by atoms with E-state index in [1.807, 2.05) is 12.1 Å². The summed E-state index contributed by atoms with van der Waals surface area (Å²) in [6, 6.07) is 15.2. The SMILES string of the molecule is CC(C)(C)c1ccc(C(=O)N/N=C\c2ccc(-c3ccc([N+](=O)[O-])cc3Br)o2)cc1. The molecule has 8 heteroatoms. The van der Waals surface area contributed by atoms with Crippen LogP contribution in [0.2, 0.25) is 0 Å². The fourth-order valence-corrected chi connectivity index (χ4v) is 3.29. The van der Waals surface area contributed by atoms with Crippen LogP contribution in [0.5, 0.6) is 0 Å². The lowest BCUT2D eigenvalue weighted by Crippen LogP contribution is -2.18. The highest BCUT2D eigenvalue weighted by Gasteiger charge is 2.15. The molecule has 0 aliphatic heterocycles. The molecule has 1 amide bonds. The third-order valence-electron chi connectivity index (χ3n) is 4.43. The van der Waals surface area contributed by atoms with Gasteiger partial charge in [-0.2, -0.15) is 5.10 Å². The predicted octanol–water partition coefficient (Wildman–Crippen LogP) is 5.68. The zero-order valence-electron chi connectivity index (χ0n) is 16.7. The van der Waals surface area contributed by atoms with Crippen molar-refractivity contribution in [3.8, 4) is 11.3 Å². The average Bonchev–Trinajstić information content (AvgIpc) is 3.15. The smallest absolute Gasteiger partial charge is 0.271 e. The first-order valence-electron chi connectivity index (χ1n) is 9.13. The van der Waals surface area contributed by atoms with Gasteiger partial charge >= 0.3 is 0 Å². The van der Waals surface area contributed by atoms with Crippen LogP contribution in [0.3, 0.4) is 0 Å². The maximum absolute atomic E-state index is 12.2. The molecule has 2 aromatic carbocycles. The molecule has 0 atom stereocenters. The number of nitro benzene ring substituents is 1. The van der Waals surface area contributed by atoms with Crippen LogP contribution in [0.25, 0.3) is 11.3 Å². The maximum Gasteiger partial charge on any atom is 0.271 e. The lowest BCUT2D eigenvalue weighted by Gasteiger charge is -2.18. The van der Waals surface area contributed by atoms with Crippen molar-refractivity contribution in [3.05, 3.63) is 86.1 Å². The summed E-state index contributed by atoms with van der Waals surface area (Å²) in [6.07, 6.45) is 1.39. The first-order chi connectivity index (χ1) is 14.1. The largest absolute Gasteiger partial charge is 0.455 e. The fourth-order valence-electron chi connectivity index (χ4n) is 2.73. The molecule has 1 aromatic heterocycles. The van der Waals surface area contributed by atoms with Crippen molar-refractivity contribution in [2.45, 2.75) is 26.2 Å². The summed E-state index contributed by atoms with van der Waals surface area (Å²) in [6.45, 7) is 6.33. The molecule has 30 heavy (non-hydrogen) atoms. The van der Waals surface area contributed by atoms with Gasteiger partial charge in [0.2, 0.25) is 0 Å².